The third kappa shape index (κ3) is 5.30. The molecule has 0 amide bonds. The summed E-state index contributed by atoms with van der Waals surface area (Å²) in [5, 5.41) is 13.7. The molecule has 0 aliphatic carbocycles. The minimum atomic E-state index is -0.489. The third-order valence-electron chi connectivity index (χ3n) is 3.86. The predicted molar refractivity (Wildman–Crippen MR) is 87.8 cm³/mol. The minimum absolute atomic E-state index is 0.0616. The molecule has 4 heteroatoms. The number of likely N-dealkylation sites (N-methyl/N-ethyl adjacent to an activating group) is 1. The Balaban J connectivity index is 0.00000106. The van der Waals surface area contributed by atoms with Gasteiger partial charge in [-0.2, -0.15) is 0 Å². The summed E-state index contributed by atoms with van der Waals surface area (Å²) in [4.78, 5) is 2.41. The van der Waals surface area contributed by atoms with Crippen LogP contribution in [0.2, 0.25) is 0 Å². The topological polar surface area (TPSA) is 44.7 Å². The van der Waals surface area contributed by atoms with Gasteiger partial charge in [0.15, 0.2) is 0 Å². The Bertz CT molecular complexity index is 375. The molecular formula is C17H30N2O2. The molecule has 1 aliphatic heterocycles. The molecule has 1 fully saturated rings. The van der Waals surface area contributed by atoms with Gasteiger partial charge in [-0.3, -0.25) is 0 Å². The number of nitrogens with zero attached hydrogens (tertiary/aromatic N) is 1. The van der Waals surface area contributed by atoms with Crippen molar-refractivity contribution in [3.05, 3.63) is 29.8 Å². The zero-order valence-electron chi connectivity index (χ0n) is 13.8. The number of aliphatic hydroxyl groups is 1. The lowest BCUT2D eigenvalue weighted by Gasteiger charge is -2.27. The molecule has 0 saturated carbocycles. The van der Waals surface area contributed by atoms with Crippen molar-refractivity contribution in [2.45, 2.75) is 38.8 Å². The van der Waals surface area contributed by atoms with Gasteiger partial charge in [0, 0.05) is 12.6 Å². The Labute approximate surface area is 129 Å². The van der Waals surface area contributed by atoms with Crippen molar-refractivity contribution in [2.75, 3.05) is 33.8 Å². The largest absolute Gasteiger partial charge is 0.497 e. The van der Waals surface area contributed by atoms with Crippen molar-refractivity contribution >= 4 is 0 Å². The molecule has 2 N–H and O–H groups in total. The summed E-state index contributed by atoms with van der Waals surface area (Å²) in [7, 11) is 3.56. The van der Waals surface area contributed by atoms with Gasteiger partial charge in [-0.1, -0.05) is 26.0 Å². The molecular weight excluding hydrogens is 264 g/mol. The van der Waals surface area contributed by atoms with E-state index in [2.05, 4.69) is 10.2 Å². The maximum absolute atomic E-state index is 10.5. The van der Waals surface area contributed by atoms with E-state index >= 15 is 0 Å². The molecule has 0 spiro atoms. The van der Waals surface area contributed by atoms with Crippen LogP contribution in [0.25, 0.3) is 0 Å². The number of nitrogens with one attached hydrogen (secondary N) is 1. The summed E-state index contributed by atoms with van der Waals surface area (Å²) in [5.41, 5.74) is 0.930. The van der Waals surface area contributed by atoms with Crippen LogP contribution in [-0.2, 0) is 0 Å². The van der Waals surface area contributed by atoms with E-state index in [0.29, 0.717) is 0 Å². The number of rotatable bonds is 6. The van der Waals surface area contributed by atoms with Crippen molar-refractivity contribution in [2.24, 2.45) is 0 Å². The first kappa shape index (κ1) is 18.0. The number of hydrogen-bond donors (Lipinski definition) is 2. The summed E-state index contributed by atoms with van der Waals surface area (Å²) in [6.07, 6.45) is 2.06. The predicted octanol–water partition coefficient (Wildman–Crippen LogP) is 2.44. The zero-order chi connectivity index (χ0) is 15.7. The first-order valence-corrected chi connectivity index (χ1v) is 7.96. The normalized spacial score (nSPS) is 17.8. The van der Waals surface area contributed by atoms with Gasteiger partial charge in [-0.15, -0.1) is 0 Å². The standard InChI is InChI=1S/C15H24N2O2.C2H6/c1-16-14(11-17-9-3-4-10-17)15(18)12-5-7-13(19-2)8-6-12;1-2/h5-8,14-16,18H,3-4,9-11H2,1-2H3;1-2H3. The summed E-state index contributed by atoms with van der Waals surface area (Å²) in [6, 6.07) is 7.70. The van der Waals surface area contributed by atoms with Gasteiger partial charge in [-0.05, 0) is 50.7 Å². The SMILES string of the molecule is CC.CNC(CN1CCCC1)C(O)c1ccc(OC)cc1. The second-order valence-corrected chi connectivity index (χ2v) is 5.12. The lowest BCUT2D eigenvalue weighted by atomic mass is 10.0. The Morgan fingerprint density at radius 3 is 2.24 bits per heavy atom. The van der Waals surface area contributed by atoms with Crippen molar-refractivity contribution in [3.63, 3.8) is 0 Å². The zero-order valence-corrected chi connectivity index (χ0v) is 13.8. The average Bonchev–Trinajstić information content (AvgIpc) is 3.07. The summed E-state index contributed by atoms with van der Waals surface area (Å²) in [6.45, 7) is 7.19. The van der Waals surface area contributed by atoms with Gasteiger partial charge >= 0.3 is 0 Å². The van der Waals surface area contributed by atoms with E-state index in [-0.39, 0.29) is 6.04 Å². The van der Waals surface area contributed by atoms with Crippen LogP contribution in [0.5, 0.6) is 5.75 Å². The van der Waals surface area contributed by atoms with E-state index in [9.17, 15) is 5.11 Å². The van der Waals surface area contributed by atoms with Crippen LogP contribution < -0.4 is 10.1 Å². The molecule has 1 heterocycles. The fourth-order valence-corrected chi connectivity index (χ4v) is 2.63. The lowest BCUT2D eigenvalue weighted by Crippen LogP contribution is -2.42. The highest BCUT2D eigenvalue weighted by atomic mass is 16.5. The number of methoxy groups -OCH3 is 1. The minimum Gasteiger partial charge on any atom is -0.497 e. The van der Waals surface area contributed by atoms with Gasteiger partial charge in [0.2, 0.25) is 0 Å². The van der Waals surface area contributed by atoms with Crippen LogP contribution in [0.4, 0.5) is 0 Å². The maximum Gasteiger partial charge on any atom is 0.118 e. The lowest BCUT2D eigenvalue weighted by molar-refractivity contribution is 0.110. The number of hydrogen-bond acceptors (Lipinski definition) is 4. The van der Waals surface area contributed by atoms with Crippen molar-refractivity contribution < 1.29 is 9.84 Å². The summed E-state index contributed by atoms with van der Waals surface area (Å²) >= 11 is 0. The van der Waals surface area contributed by atoms with Gasteiger partial charge < -0.3 is 20.1 Å². The molecule has 0 aromatic heterocycles. The first-order chi connectivity index (χ1) is 10.2. The maximum atomic E-state index is 10.5. The van der Waals surface area contributed by atoms with Gasteiger partial charge in [0.25, 0.3) is 0 Å². The Morgan fingerprint density at radius 1 is 1.19 bits per heavy atom. The van der Waals surface area contributed by atoms with Gasteiger partial charge in [0.1, 0.15) is 5.75 Å². The number of aliphatic hydroxyl groups excluding tert-OH is 1. The van der Waals surface area contributed by atoms with Crippen LogP contribution in [0.3, 0.4) is 0 Å². The molecule has 2 rings (SSSR count). The van der Waals surface area contributed by atoms with Crippen LogP contribution in [0.1, 0.15) is 38.4 Å². The summed E-state index contributed by atoms with van der Waals surface area (Å²) < 4.78 is 5.14. The van der Waals surface area contributed by atoms with Gasteiger partial charge in [0.05, 0.1) is 13.2 Å². The molecule has 0 radical (unpaired) electrons. The van der Waals surface area contributed by atoms with Crippen molar-refractivity contribution in [1.29, 1.82) is 0 Å². The second kappa shape index (κ2) is 9.77. The number of benzene rings is 1. The molecule has 1 aromatic carbocycles. The number of likely N-dealkylation sites (tertiary alicyclic amines) is 1. The van der Waals surface area contributed by atoms with Crippen LogP contribution in [0, 0.1) is 0 Å². The fraction of sp³-hybridized carbons (Fsp3) is 0.647. The van der Waals surface area contributed by atoms with Crippen LogP contribution >= 0.6 is 0 Å². The second-order valence-electron chi connectivity index (χ2n) is 5.12. The molecule has 1 aliphatic rings. The van der Waals surface area contributed by atoms with E-state index in [0.717, 1.165) is 30.9 Å². The molecule has 1 aromatic rings. The van der Waals surface area contributed by atoms with E-state index in [1.54, 1.807) is 7.11 Å². The van der Waals surface area contributed by atoms with Gasteiger partial charge in [-0.25, -0.2) is 0 Å². The quantitative estimate of drug-likeness (QED) is 0.846. The third-order valence-corrected chi connectivity index (χ3v) is 3.86. The van der Waals surface area contributed by atoms with Crippen LogP contribution in [0.15, 0.2) is 24.3 Å². The molecule has 0 bridgehead atoms. The fourth-order valence-electron chi connectivity index (χ4n) is 2.63. The Kier molecular flexibility index (Phi) is 8.35. The Hall–Kier alpha value is -1.10. The molecule has 120 valence electrons. The highest BCUT2D eigenvalue weighted by molar-refractivity contribution is 5.29. The van der Waals surface area contributed by atoms with E-state index in [4.69, 9.17) is 4.74 Å². The van der Waals surface area contributed by atoms with Crippen molar-refractivity contribution in [3.8, 4) is 5.75 Å². The monoisotopic (exact) mass is 294 g/mol. The molecule has 2 unspecified atom stereocenters. The first-order valence-electron chi connectivity index (χ1n) is 7.96. The molecule has 21 heavy (non-hydrogen) atoms. The molecule has 4 nitrogen and oxygen atoms in total. The molecule has 2 atom stereocenters. The van der Waals surface area contributed by atoms with E-state index in [1.165, 1.54) is 12.8 Å². The highest BCUT2D eigenvalue weighted by Crippen LogP contribution is 2.21. The highest BCUT2D eigenvalue weighted by Gasteiger charge is 2.23. The van der Waals surface area contributed by atoms with E-state index < -0.39 is 6.10 Å². The van der Waals surface area contributed by atoms with Crippen molar-refractivity contribution in [1.82, 2.24) is 10.2 Å². The van der Waals surface area contributed by atoms with E-state index in [1.807, 2.05) is 45.2 Å². The smallest absolute Gasteiger partial charge is 0.118 e. The molecule has 1 saturated heterocycles. The average molecular weight is 294 g/mol. The number of ether oxygens (including phenoxy) is 1. The Morgan fingerprint density at radius 2 is 1.76 bits per heavy atom. The summed E-state index contributed by atoms with van der Waals surface area (Å²) in [5.74, 6) is 0.816. The van der Waals surface area contributed by atoms with Crippen LogP contribution in [-0.4, -0.2) is 49.8 Å².